The summed E-state index contributed by atoms with van der Waals surface area (Å²) in [6.07, 6.45) is -1.09. The second-order valence-corrected chi connectivity index (χ2v) is 8.59. The van der Waals surface area contributed by atoms with E-state index in [1.54, 1.807) is 20.8 Å². The summed E-state index contributed by atoms with van der Waals surface area (Å²) in [5, 5.41) is 9.46. The quantitative estimate of drug-likeness (QED) is 0.681. The molecule has 1 spiro atoms. The third-order valence-electron chi connectivity index (χ3n) is 3.29. The molecule has 1 atom stereocenters. The fourth-order valence-electron chi connectivity index (χ4n) is 2.48. The maximum Gasteiger partial charge on any atom is 0.410 e. The number of ether oxygens (including phenoxy) is 1. The van der Waals surface area contributed by atoms with Crippen LogP contribution in [-0.4, -0.2) is 59.8 Å². The minimum atomic E-state index is -3.31. The van der Waals surface area contributed by atoms with Gasteiger partial charge in [0, 0.05) is 13.1 Å². The first-order valence-corrected chi connectivity index (χ1v) is 7.58. The zero-order chi connectivity index (χ0) is 13.8. The van der Waals surface area contributed by atoms with Gasteiger partial charge in [0.05, 0.1) is 11.9 Å². The highest BCUT2D eigenvalue weighted by Gasteiger charge is 2.60. The molecule has 1 unspecified atom stereocenters. The van der Waals surface area contributed by atoms with Crippen molar-refractivity contribution in [2.24, 2.45) is 0 Å². The van der Waals surface area contributed by atoms with E-state index in [2.05, 4.69) is 0 Å². The summed E-state index contributed by atoms with van der Waals surface area (Å²) < 4.78 is 28.0. The number of hydrogen-bond donors (Lipinski definition) is 1. The molecule has 0 aromatic carbocycles. The van der Waals surface area contributed by atoms with E-state index in [0.29, 0.717) is 0 Å². The lowest BCUT2D eigenvalue weighted by molar-refractivity contribution is 0.000292. The molecule has 2 rings (SSSR count). The number of amides is 1. The van der Waals surface area contributed by atoms with Crippen LogP contribution in [0.2, 0.25) is 0 Å². The lowest BCUT2D eigenvalue weighted by Gasteiger charge is -2.46. The molecule has 18 heavy (non-hydrogen) atoms. The lowest BCUT2D eigenvalue weighted by Crippen LogP contribution is -2.66. The van der Waals surface area contributed by atoms with Gasteiger partial charge in [0.2, 0.25) is 0 Å². The van der Waals surface area contributed by atoms with Crippen LogP contribution in [0.5, 0.6) is 0 Å². The number of carbonyl (C=O) groups is 1. The summed E-state index contributed by atoms with van der Waals surface area (Å²) in [5.41, 5.74) is -0.589. The second-order valence-electron chi connectivity index (χ2n) is 6.16. The highest BCUT2D eigenvalue weighted by Crippen LogP contribution is 2.40. The van der Waals surface area contributed by atoms with Gasteiger partial charge in [-0.3, -0.25) is 0 Å². The average molecular weight is 277 g/mol. The third-order valence-corrected chi connectivity index (χ3v) is 5.86. The van der Waals surface area contributed by atoms with Gasteiger partial charge in [-0.05, 0) is 27.2 Å². The minimum Gasteiger partial charge on any atom is -0.444 e. The first kappa shape index (κ1) is 13.6. The molecule has 0 saturated carbocycles. The Morgan fingerprint density at radius 2 is 1.94 bits per heavy atom. The molecule has 2 heterocycles. The summed E-state index contributed by atoms with van der Waals surface area (Å²) in [5.74, 6) is -0.199. The molecule has 1 amide bonds. The average Bonchev–Trinajstić information content (AvgIpc) is 2.28. The molecule has 2 aliphatic heterocycles. The third kappa shape index (κ3) is 2.21. The fourth-order valence-corrected chi connectivity index (χ4v) is 4.61. The van der Waals surface area contributed by atoms with Gasteiger partial charge in [-0.25, -0.2) is 13.2 Å². The number of rotatable bonds is 0. The van der Waals surface area contributed by atoms with Gasteiger partial charge >= 0.3 is 6.09 Å². The molecule has 0 aromatic rings. The van der Waals surface area contributed by atoms with E-state index in [-0.39, 0.29) is 25.3 Å². The van der Waals surface area contributed by atoms with Crippen molar-refractivity contribution in [2.75, 3.05) is 18.8 Å². The maximum absolute atomic E-state index is 11.9. The molecule has 2 aliphatic rings. The Labute approximate surface area is 107 Å². The van der Waals surface area contributed by atoms with Gasteiger partial charge < -0.3 is 14.7 Å². The SMILES string of the molecule is CC(C)(C)OC(=O)N1CC2(CC(O)CS2(=O)=O)C1. The normalized spacial score (nSPS) is 29.1. The highest BCUT2D eigenvalue weighted by atomic mass is 32.2. The van der Waals surface area contributed by atoms with Crippen molar-refractivity contribution in [1.82, 2.24) is 4.90 Å². The van der Waals surface area contributed by atoms with Crippen LogP contribution in [0.3, 0.4) is 0 Å². The van der Waals surface area contributed by atoms with Crippen LogP contribution < -0.4 is 0 Å². The minimum absolute atomic E-state index is 0.126. The van der Waals surface area contributed by atoms with Gasteiger partial charge in [0.1, 0.15) is 10.3 Å². The van der Waals surface area contributed by atoms with E-state index in [1.165, 1.54) is 4.90 Å². The molecule has 0 bridgehead atoms. The van der Waals surface area contributed by atoms with Crippen LogP contribution in [0, 0.1) is 0 Å². The van der Waals surface area contributed by atoms with Crippen molar-refractivity contribution in [3.8, 4) is 0 Å². The standard InChI is InChI=1S/C11H19NO5S/c1-10(2,3)17-9(14)12-6-11(7-12)4-8(13)5-18(11,15)16/h8,13H,4-7H2,1-3H3. The molecule has 2 fully saturated rings. The van der Waals surface area contributed by atoms with Gasteiger partial charge in [0.15, 0.2) is 9.84 Å². The Morgan fingerprint density at radius 3 is 2.33 bits per heavy atom. The first-order chi connectivity index (χ1) is 8.05. The van der Waals surface area contributed by atoms with Crippen LogP contribution in [0.15, 0.2) is 0 Å². The largest absolute Gasteiger partial charge is 0.444 e. The molecule has 104 valence electrons. The number of likely N-dealkylation sites (tertiary alicyclic amines) is 1. The molecule has 0 radical (unpaired) electrons. The van der Waals surface area contributed by atoms with Gasteiger partial charge in [-0.15, -0.1) is 0 Å². The summed E-state index contributed by atoms with van der Waals surface area (Å²) in [4.78, 5) is 13.1. The molecular formula is C11H19NO5S. The smallest absolute Gasteiger partial charge is 0.410 e. The Hall–Kier alpha value is -0.820. The molecule has 6 nitrogen and oxygen atoms in total. The predicted octanol–water partition coefficient (Wildman–Crippen LogP) is 0.155. The van der Waals surface area contributed by atoms with E-state index < -0.39 is 32.4 Å². The number of nitrogens with zero attached hydrogens (tertiary/aromatic N) is 1. The lowest BCUT2D eigenvalue weighted by atomic mass is 9.93. The zero-order valence-corrected chi connectivity index (χ0v) is 11.7. The summed E-state index contributed by atoms with van der Waals surface area (Å²) in [7, 11) is -3.31. The Kier molecular flexibility index (Phi) is 2.90. The zero-order valence-electron chi connectivity index (χ0n) is 10.8. The van der Waals surface area contributed by atoms with E-state index >= 15 is 0 Å². The van der Waals surface area contributed by atoms with Crippen LogP contribution in [0.4, 0.5) is 4.79 Å². The topological polar surface area (TPSA) is 83.9 Å². The Morgan fingerprint density at radius 1 is 1.39 bits per heavy atom. The van der Waals surface area contributed by atoms with Crippen LogP contribution in [0.1, 0.15) is 27.2 Å². The summed E-state index contributed by atoms with van der Waals surface area (Å²) in [6, 6.07) is 0. The monoisotopic (exact) mass is 277 g/mol. The van der Waals surface area contributed by atoms with E-state index in [1.807, 2.05) is 0 Å². The Bertz CT molecular complexity index is 458. The molecule has 0 aliphatic carbocycles. The van der Waals surface area contributed by atoms with Crippen molar-refractivity contribution >= 4 is 15.9 Å². The first-order valence-electron chi connectivity index (χ1n) is 5.93. The van der Waals surface area contributed by atoms with Gasteiger partial charge in [-0.2, -0.15) is 0 Å². The summed E-state index contributed by atoms with van der Waals surface area (Å²) in [6.45, 7) is 5.53. The second kappa shape index (κ2) is 3.84. The highest BCUT2D eigenvalue weighted by molar-refractivity contribution is 7.93. The van der Waals surface area contributed by atoms with Crippen molar-refractivity contribution in [3.63, 3.8) is 0 Å². The van der Waals surface area contributed by atoms with Crippen LogP contribution in [0.25, 0.3) is 0 Å². The number of hydrogen-bond acceptors (Lipinski definition) is 5. The van der Waals surface area contributed by atoms with Crippen molar-refractivity contribution in [1.29, 1.82) is 0 Å². The van der Waals surface area contributed by atoms with Crippen LogP contribution in [-0.2, 0) is 14.6 Å². The molecule has 2 saturated heterocycles. The van der Waals surface area contributed by atoms with Gasteiger partial charge in [0.25, 0.3) is 0 Å². The number of aliphatic hydroxyl groups is 1. The molecular weight excluding hydrogens is 258 g/mol. The molecule has 1 N–H and O–H groups in total. The van der Waals surface area contributed by atoms with E-state index in [4.69, 9.17) is 4.74 Å². The van der Waals surface area contributed by atoms with Crippen molar-refractivity contribution < 1.29 is 23.1 Å². The molecule has 0 aromatic heterocycles. The maximum atomic E-state index is 11.9. The summed E-state index contributed by atoms with van der Waals surface area (Å²) >= 11 is 0. The Balaban J connectivity index is 2.00. The van der Waals surface area contributed by atoms with Crippen molar-refractivity contribution in [3.05, 3.63) is 0 Å². The fraction of sp³-hybridized carbons (Fsp3) is 0.909. The van der Waals surface area contributed by atoms with Gasteiger partial charge in [-0.1, -0.05) is 0 Å². The number of aliphatic hydroxyl groups excluding tert-OH is 1. The number of carbonyl (C=O) groups excluding carboxylic acids is 1. The van der Waals surface area contributed by atoms with Crippen LogP contribution >= 0.6 is 0 Å². The van der Waals surface area contributed by atoms with E-state index in [9.17, 15) is 18.3 Å². The van der Waals surface area contributed by atoms with Crippen molar-refractivity contribution in [2.45, 2.75) is 43.6 Å². The van der Waals surface area contributed by atoms with E-state index in [0.717, 1.165) is 0 Å². The molecule has 7 heteroatoms. The predicted molar refractivity (Wildman–Crippen MR) is 64.9 cm³/mol. The number of sulfone groups is 1.